The number of hydrogen-bond donors (Lipinski definition) is 2. The molecule has 1 heterocycles. The highest BCUT2D eigenvalue weighted by Gasteiger charge is 2.23. The van der Waals surface area contributed by atoms with E-state index in [1.54, 1.807) is 43.3 Å². The predicted octanol–water partition coefficient (Wildman–Crippen LogP) is 6.46. The van der Waals surface area contributed by atoms with E-state index in [1.165, 1.54) is 23.5 Å². The van der Waals surface area contributed by atoms with Crippen molar-refractivity contribution in [1.82, 2.24) is 5.32 Å². The van der Waals surface area contributed by atoms with E-state index in [2.05, 4.69) is 12.2 Å². The topological polar surface area (TPSA) is 67.8 Å². The van der Waals surface area contributed by atoms with Gasteiger partial charge in [-0.25, -0.2) is 4.39 Å². The molecular formula is C27H26FNO4S. The van der Waals surface area contributed by atoms with Crippen molar-refractivity contribution >= 4 is 27.2 Å². The number of nitrogens with one attached hydrogen (secondary N) is 1. The van der Waals surface area contributed by atoms with Crippen LogP contribution in [-0.2, 0) is 0 Å². The number of phenols is 1. The van der Waals surface area contributed by atoms with Crippen LogP contribution in [0.4, 0.5) is 4.39 Å². The van der Waals surface area contributed by atoms with Gasteiger partial charge in [0.2, 0.25) is 5.78 Å². The van der Waals surface area contributed by atoms with Gasteiger partial charge in [-0.1, -0.05) is 13.0 Å². The molecule has 1 aromatic heterocycles. The zero-order valence-corrected chi connectivity index (χ0v) is 19.9. The summed E-state index contributed by atoms with van der Waals surface area (Å²) >= 11 is 1.21. The van der Waals surface area contributed by atoms with Gasteiger partial charge in [-0.2, -0.15) is 0 Å². The maximum Gasteiger partial charge on any atom is 0.207 e. The minimum absolute atomic E-state index is 0.0943. The molecule has 3 aromatic carbocycles. The molecule has 4 rings (SSSR count). The van der Waals surface area contributed by atoms with Crippen LogP contribution in [0.5, 0.6) is 23.0 Å². The highest BCUT2D eigenvalue weighted by Crippen LogP contribution is 2.43. The number of fused-ring (bicyclic) bond motifs is 1. The molecule has 0 unspecified atom stereocenters. The van der Waals surface area contributed by atoms with Gasteiger partial charge in [0.25, 0.3) is 0 Å². The highest BCUT2D eigenvalue weighted by molar-refractivity contribution is 7.21. The Kier molecular flexibility index (Phi) is 7.45. The average molecular weight is 480 g/mol. The second kappa shape index (κ2) is 10.7. The zero-order chi connectivity index (χ0) is 24.1. The van der Waals surface area contributed by atoms with Crippen molar-refractivity contribution in [2.24, 2.45) is 0 Å². The summed E-state index contributed by atoms with van der Waals surface area (Å²) in [4.78, 5) is 13.8. The first-order chi connectivity index (χ1) is 16.5. The maximum absolute atomic E-state index is 13.9. The lowest BCUT2D eigenvalue weighted by Crippen LogP contribution is -2.16. The summed E-state index contributed by atoms with van der Waals surface area (Å²) in [6.07, 6.45) is 0.908. The van der Waals surface area contributed by atoms with Gasteiger partial charge in [-0.15, -0.1) is 11.3 Å². The summed E-state index contributed by atoms with van der Waals surface area (Å²) in [5, 5.41) is 13.9. The third-order valence-corrected chi connectivity index (χ3v) is 6.47. The van der Waals surface area contributed by atoms with Crippen molar-refractivity contribution in [2.75, 3.05) is 19.7 Å². The van der Waals surface area contributed by atoms with E-state index >= 15 is 0 Å². The third kappa shape index (κ3) is 5.38. The third-order valence-electron chi connectivity index (χ3n) is 5.34. The first-order valence-electron chi connectivity index (χ1n) is 11.1. The Balaban J connectivity index is 1.62. The molecule has 0 amide bonds. The number of carbonyl (C=O) groups is 1. The van der Waals surface area contributed by atoms with E-state index in [0.717, 1.165) is 25.3 Å². The van der Waals surface area contributed by atoms with Gasteiger partial charge >= 0.3 is 0 Å². The fraction of sp³-hybridized carbons (Fsp3) is 0.222. The number of rotatable bonds is 10. The molecule has 0 fully saturated rings. The van der Waals surface area contributed by atoms with Gasteiger partial charge in [0.15, 0.2) is 5.75 Å². The number of ketones is 1. The van der Waals surface area contributed by atoms with E-state index in [-0.39, 0.29) is 17.1 Å². The second-order valence-electron chi connectivity index (χ2n) is 7.86. The van der Waals surface area contributed by atoms with Crippen LogP contribution in [0.1, 0.15) is 34.1 Å². The minimum atomic E-state index is -0.476. The van der Waals surface area contributed by atoms with E-state index in [9.17, 15) is 14.3 Å². The monoisotopic (exact) mass is 479 g/mol. The molecule has 7 heteroatoms. The lowest BCUT2D eigenvalue weighted by molar-refractivity contribution is 0.103. The Hall–Kier alpha value is -3.42. The molecule has 0 atom stereocenters. The van der Waals surface area contributed by atoms with Crippen molar-refractivity contribution in [3.8, 4) is 23.0 Å². The van der Waals surface area contributed by atoms with Crippen LogP contribution in [0.2, 0.25) is 0 Å². The van der Waals surface area contributed by atoms with Crippen molar-refractivity contribution in [2.45, 2.75) is 20.3 Å². The molecule has 176 valence electrons. The molecule has 4 aromatic rings. The van der Waals surface area contributed by atoms with Crippen LogP contribution in [0.15, 0.2) is 60.7 Å². The number of thiophene rings is 1. The van der Waals surface area contributed by atoms with Crippen LogP contribution in [0, 0.1) is 12.7 Å². The molecule has 0 radical (unpaired) electrons. The van der Waals surface area contributed by atoms with Crippen LogP contribution in [0.25, 0.3) is 10.1 Å². The highest BCUT2D eigenvalue weighted by atomic mass is 32.1. The standard InChI is InChI=1S/C27H26FNO4S/c1-3-29-13-4-14-32-20-8-10-21(11-9-20)33-26-22-12-7-19(30)16-24(22)34-27(26)25(31)23-15-18(28)6-5-17(23)2/h5-12,15-16,29-30H,3-4,13-14H2,1-2H3. The summed E-state index contributed by atoms with van der Waals surface area (Å²) < 4.78 is 26.5. The number of aryl methyl sites for hydroxylation is 1. The summed E-state index contributed by atoms with van der Waals surface area (Å²) in [7, 11) is 0. The molecule has 2 N–H and O–H groups in total. The maximum atomic E-state index is 13.9. The fourth-order valence-electron chi connectivity index (χ4n) is 3.56. The zero-order valence-electron chi connectivity index (χ0n) is 19.1. The first-order valence-corrected chi connectivity index (χ1v) is 12.0. The van der Waals surface area contributed by atoms with E-state index in [0.29, 0.717) is 38.6 Å². The van der Waals surface area contributed by atoms with Gasteiger partial charge in [0, 0.05) is 15.6 Å². The van der Waals surface area contributed by atoms with Crippen LogP contribution in [0.3, 0.4) is 0 Å². The number of halogens is 1. The Morgan fingerprint density at radius 1 is 1.06 bits per heavy atom. The Morgan fingerprint density at radius 3 is 2.59 bits per heavy atom. The summed E-state index contributed by atoms with van der Waals surface area (Å²) in [6, 6.07) is 16.2. The molecule has 5 nitrogen and oxygen atoms in total. The van der Waals surface area contributed by atoms with Gasteiger partial charge in [0.05, 0.1) is 6.61 Å². The van der Waals surface area contributed by atoms with Gasteiger partial charge in [-0.3, -0.25) is 4.79 Å². The van der Waals surface area contributed by atoms with E-state index < -0.39 is 5.82 Å². The molecule has 0 aliphatic carbocycles. The number of hydrogen-bond acceptors (Lipinski definition) is 6. The normalized spacial score (nSPS) is 11.0. The lowest BCUT2D eigenvalue weighted by atomic mass is 10.0. The first kappa shape index (κ1) is 23.7. The quantitative estimate of drug-likeness (QED) is 0.202. The van der Waals surface area contributed by atoms with Gasteiger partial charge in [-0.05, 0) is 86.6 Å². The smallest absolute Gasteiger partial charge is 0.207 e. The molecule has 0 spiro atoms. The average Bonchev–Trinajstić information content (AvgIpc) is 3.18. The molecule has 0 aliphatic rings. The Bertz CT molecular complexity index is 1300. The molecule has 0 bridgehead atoms. The van der Waals surface area contributed by atoms with Crippen molar-refractivity contribution in [1.29, 1.82) is 0 Å². The number of phenolic OH excluding ortho intramolecular Hbond substituents is 1. The summed E-state index contributed by atoms with van der Waals surface area (Å²) in [5.74, 6) is 0.947. The minimum Gasteiger partial charge on any atom is -0.508 e. The molecule has 0 saturated carbocycles. The van der Waals surface area contributed by atoms with Crippen LogP contribution < -0.4 is 14.8 Å². The van der Waals surface area contributed by atoms with Crippen LogP contribution >= 0.6 is 11.3 Å². The number of benzene rings is 3. The predicted molar refractivity (Wildman–Crippen MR) is 133 cm³/mol. The van der Waals surface area contributed by atoms with Crippen LogP contribution in [-0.4, -0.2) is 30.6 Å². The van der Waals surface area contributed by atoms with Gasteiger partial charge < -0.3 is 19.9 Å². The SMILES string of the molecule is CCNCCCOc1ccc(Oc2c(C(=O)c3cc(F)ccc3C)sc3cc(O)ccc23)cc1. The second-order valence-corrected chi connectivity index (χ2v) is 8.91. The Morgan fingerprint density at radius 2 is 1.82 bits per heavy atom. The summed E-state index contributed by atoms with van der Waals surface area (Å²) in [5.41, 5.74) is 0.954. The molecule has 0 saturated heterocycles. The fourth-order valence-corrected chi connectivity index (χ4v) is 4.68. The van der Waals surface area contributed by atoms with Gasteiger partial charge in [0.1, 0.15) is 27.9 Å². The Labute approximate surface area is 201 Å². The van der Waals surface area contributed by atoms with Crippen molar-refractivity contribution < 1.29 is 23.8 Å². The molecule has 0 aliphatic heterocycles. The summed E-state index contributed by atoms with van der Waals surface area (Å²) in [6.45, 7) is 6.28. The van der Waals surface area contributed by atoms with E-state index in [4.69, 9.17) is 9.47 Å². The van der Waals surface area contributed by atoms with E-state index in [1.807, 2.05) is 12.1 Å². The van der Waals surface area contributed by atoms with Crippen molar-refractivity contribution in [3.05, 3.63) is 82.5 Å². The number of ether oxygens (including phenoxy) is 2. The number of aromatic hydroxyl groups is 1. The largest absolute Gasteiger partial charge is 0.508 e. The van der Waals surface area contributed by atoms with Crippen molar-refractivity contribution in [3.63, 3.8) is 0 Å². The molecule has 34 heavy (non-hydrogen) atoms. The number of carbonyl (C=O) groups excluding carboxylic acids is 1. The lowest BCUT2D eigenvalue weighted by Gasteiger charge is -2.10. The molecular weight excluding hydrogens is 453 g/mol.